The molecule has 0 radical (unpaired) electrons. The van der Waals surface area contributed by atoms with E-state index >= 15 is 0 Å². The van der Waals surface area contributed by atoms with Gasteiger partial charge in [0, 0.05) is 12.7 Å². The fourth-order valence-corrected chi connectivity index (χ4v) is 2.54. The zero-order chi connectivity index (χ0) is 11.6. The summed E-state index contributed by atoms with van der Waals surface area (Å²) in [6.07, 6.45) is 13.3. The summed E-state index contributed by atoms with van der Waals surface area (Å²) >= 11 is 0. The van der Waals surface area contributed by atoms with E-state index in [2.05, 4.69) is 37.4 Å². The topological polar surface area (TPSA) is 12.0 Å². The minimum atomic E-state index is 0.502. The molecule has 0 unspecified atom stereocenters. The molecule has 0 saturated carbocycles. The average molecular weight is 217 g/mol. The van der Waals surface area contributed by atoms with E-state index in [4.69, 9.17) is 0 Å². The van der Waals surface area contributed by atoms with E-state index < -0.39 is 0 Å². The highest BCUT2D eigenvalue weighted by Crippen LogP contribution is 2.38. The van der Waals surface area contributed by atoms with Crippen LogP contribution in [0.3, 0.4) is 0 Å². The predicted molar refractivity (Wildman–Crippen MR) is 70.2 cm³/mol. The normalized spacial score (nSPS) is 24.3. The Morgan fingerprint density at radius 2 is 1.88 bits per heavy atom. The van der Waals surface area contributed by atoms with Crippen molar-refractivity contribution in [3.63, 3.8) is 0 Å². The van der Waals surface area contributed by atoms with Gasteiger partial charge in [0.1, 0.15) is 0 Å². The van der Waals surface area contributed by atoms with Crippen LogP contribution in [0.4, 0.5) is 0 Å². The Bertz CT molecular complexity index is 356. The van der Waals surface area contributed by atoms with Crippen molar-refractivity contribution in [1.82, 2.24) is 5.32 Å². The molecule has 16 heavy (non-hydrogen) atoms. The van der Waals surface area contributed by atoms with E-state index in [-0.39, 0.29) is 0 Å². The van der Waals surface area contributed by atoms with E-state index in [1.807, 2.05) is 7.05 Å². The Labute approximate surface area is 99.3 Å². The molecule has 0 spiro atoms. The first-order valence-electron chi connectivity index (χ1n) is 6.40. The minimum absolute atomic E-state index is 0.502. The van der Waals surface area contributed by atoms with Crippen molar-refractivity contribution < 1.29 is 0 Å². The van der Waals surface area contributed by atoms with E-state index in [0.29, 0.717) is 5.41 Å². The first kappa shape index (κ1) is 11.5. The van der Waals surface area contributed by atoms with E-state index in [1.165, 1.54) is 43.4 Å². The maximum Gasteiger partial charge on any atom is 0.0370 e. The summed E-state index contributed by atoms with van der Waals surface area (Å²) in [7, 11) is 2.03. The van der Waals surface area contributed by atoms with Crippen LogP contribution in [0.25, 0.3) is 0 Å². The Hall–Kier alpha value is -0.980. The smallest absolute Gasteiger partial charge is 0.0370 e. The maximum absolute atomic E-state index is 3.32. The summed E-state index contributed by atoms with van der Waals surface area (Å²) < 4.78 is 0. The maximum atomic E-state index is 3.32. The van der Waals surface area contributed by atoms with Crippen LogP contribution in [0.15, 0.2) is 35.1 Å². The quantitative estimate of drug-likeness (QED) is 0.738. The third kappa shape index (κ3) is 2.40. The molecule has 0 bridgehead atoms. The molecule has 0 aromatic heterocycles. The van der Waals surface area contributed by atoms with Crippen molar-refractivity contribution in [2.24, 2.45) is 5.41 Å². The molecule has 0 saturated heterocycles. The molecule has 0 fully saturated rings. The molecule has 2 aliphatic rings. The van der Waals surface area contributed by atoms with Crippen molar-refractivity contribution in [3.8, 4) is 0 Å². The van der Waals surface area contributed by atoms with Crippen molar-refractivity contribution >= 4 is 0 Å². The molecular formula is C15H23N. The van der Waals surface area contributed by atoms with E-state index in [9.17, 15) is 0 Å². The molecule has 0 aromatic rings. The van der Waals surface area contributed by atoms with Crippen molar-refractivity contribution in [2.75, 3.05) is 7.05 Å². The van der Waals surface area contributed by atoms with E-state index in [1.54, 1.807) is 5.57 Å². The largest absolute Gasteiger partial charge is 0.388 e. The second-order valence-electron chi connectivity index (χ2n) is 5.66. The minimum Gasteiger partial charge on any atom is -0.388 e. The average Bonchev–Trinajstić information content (AvgIpc) is 2.29. The zero-order valence-corrected chi connectivity index (χ0v) is 10.8. The molecule has 0 aromatic carbocycles. The van der Waals surface area contributed by atoms with Gasteiger partial charge < -0.3 is 5.32 Å². The highest BCUT2D eigenvalue weighted by Gasteiger charge is 2.23. The Morgan fingerprint density at radius 3 is 2.50 bits per heavy atom. The summed E-state index contributed by atoms with van der Waals surface area (Å²) in [6.45, 7) is 4.73. The van der Waals surface area contributed by atoms with E-state index in [0.717, 1.165) is 0 Å². The lowest BCUT2D eigenvalue weighted by molar-refractivity contribution is 0.326. The van der Waals surface area contributed by atoms with Crippen LogP contribution < -0.4 is 5.32 Å². The number of rotatable bonds is 2. The summed E-state index contributed by atoms with van der Waals surface area (Å²) in [5, 5.41) is 3.32. The summed E-state index contributed by atoms with van der Waals surface area (Å²) in [5.41, 5.74) is 4.85. The predicted octanol–water partition coefficient (Wildman–Crippen LogP) is 3.95. The van der Waals surface area contributed by atoms with Crippen LogP contribution in [0.5, 0.6) is 0 Å². The lowest BCUT2D eigenvalue weighted by Crippen LogP contribution is -2.18. The molecule has 2 aliphatic carbocycles. The molecule has 88 valence electrons. The molecule has 1 nitrogen and oxygen atoms in total. The molecule has 1 heteroatoms. The van der Waals surface area contributed by atoms with Gasteiger partial charge in [0.2, 0.25) is 0 Å². The molecule has 0 amide bonds. The second-order valence-corrected chi connectivity index (χ2v) is 5.66. The monoisotopic (exact) mass is 217 g/mol. The SMILES string of the molecule is CNC1=CCCC=C1C1=CCC(C)(C)CC1. The number of hydrogen-bond acceptors (Lipinski definition) is 1. The third-order valence-corrected chi connectivity index (χ3v) is 3.74. The summed E-state index contributed by atoms with van der Waals surface area (Å²) in [5.74, 6) is 0. The summed E-state index contributed by atoms with van der Waals surface area (Å²) in [4.78, 5) is 0. The van der Waals surface area contributed by atoms with Gasteiger partial charge in [0.05, 0.1) is 0 Å². The van der Waals surface area contributed by atoms with Gasteiger partial charge in [-0.25, -0.2) is 0 Å². The highest BCUT2D eigenvalue weighted by atomic mass is 14.8. The van der Waals surface area contributed by atoms with Crippen LogP contribution in [0.1, 0.15) is 46.0 Å². The molecule has 1 N–H and O–H groups in total. The van der Waals surface area contributed by atoms with Gasteiger partial charge in [-0.3, -0.25) is 0 Å². The van der Waals surface area contributed by atoms with Gasteiger partial charge in [-0.2, -0.15) is 0 Å². The van der Waals surface area contributed by atoms with Crippen molar-refractivity contribution in [1.29, 1.82) is 0 Å². The molecular weight excluding hydrogens is 194 g/mol. The van der Waals surface area contributed by atoms with Gasteiger partial charge in [-0.05, 0) is 48.7 Å². The fraction of sp³-hybridized carbons (Fsp3) is 0.600. The Morgan fingerprint density at radius 1 is 1.12 bits per heavy atom. The molecule has 2 rings (SSSR count). The van der Waals surface area contributed by atoms with Gasteiger partial charge in [0.25, 0.3) is 0 Å². The zero-order valence-electron chi connectivity index (χ0n) is 10.8. The Balaban J connectivity index is 2.17. The van der Waals surface area contributed by atoms with Gasteiger partial charge in [-0.1, -0.05) is 32.1 Å². The van der Waals surface area contributed by atoms with Crippen LogP contribution in [-0.4, -0.2) is 7.05 Å². The highest BCUT2D eigenvalue weighted by molar-refractivity contribution is 5.47. The lowest BCUT2D eigenvalue weighted by atomic mass is 9.76. The summed E-state index contributed by atoms with van der Waals surface area (Å²) in [6, 6.07) is 0. The van der Waals surface area contributed by atoms with Gasteiger partial charge >= 0.3 is 0 Å². The third-order valence-electron chi connectivity index (χ3n) is 3.74. The van der Waals surface area contributed by atoms with Crippen molar-refractivity contribution in [2.45, 2.75) is 46.0 Å². The second kappa shape index (κ2) is 4.48. The number of likely N-dealkylation sites (N-methyl/N-ethyl adjacent to an activating group) is 1. The number of allylic oxidation sites excluding steroid dienone is 4. The van der Waals surface area contributed by atoms with Crippen LogP contribution in [-0.2, 0) is 0 Å². The van der Waals surface area contributed by atoms with Gasteiger partial charge in [-0.15, -0.1) is 0 Å². The fourth-order valence-electron chi connectivity index (χ4n) is 2.54. The first-order valence-corrected chi connectivity index (χ1v) is 6.40. The molecule has 0 aliphatic heterocycles. The van der Waals surface area contributed by atoms with Crippen LogP contribution >= 0.6 is 0 Å². The molecule has 0 heterocycles. The first-order chi connectivity index (χ1) is 7.62. The van der Waals surface area contributed by atoms with Gasteiger partial charge in [0.15, 0.2) is 0 Å². The van der Waals surface area contributed by atoms with Crippen LogP contribution in [0.2, 0.25) is 0 Å². The van der Waals surface area contributed by atoms with Crippen molar-refractivity contribution in [3.05, 3.63) is 35.1 Å². The standard InChI is InChI=1S/C15H23N/c1-15(2)10-8-12(9-11-15)13-6-4-5-7-14(13)16-3/h6-8,16H,4-5,9-11H2,1-3H3. The van der Waals surface area contributed by atoms with Crippen LogP contribution in [0, 0.1) is 5.41 Å². The number of nitrogens with one attached hydrogen (secondary N) is 1. The molecule has 0 atom stereocenters. The Kier molecular flexibility index (Phi) is 3.22. The lowest BCUT2D eigenvalue weighted by Gasteiger charge is -2.30. The number of hydrogen-bond donors (Lipinski definition) is 1.